The third-order valence-electron chi connectivity index (χ3n) is 1.40. The van der Waals surface area contributed by atoms with E-state index in [2.05, 4.69) is 0 Å². The van der Waals surface area contributed by atoms with Gasteiger partial charge in [0.25, 0.3) is 0 Å². The van der Waals surface area contributed by atoms with E-state index in [-0.39, 0.29) is 32.5 Å². The summed E-state index contributed by atoms with van der Waals surface area (Å²) < 4.78 is 0. The van der Waals surface area contributed by atoms with Gasteiger partial charge in [-0.05, 0) is 18.6 Å². The molecule has 2 nitrogen and oxygen atoms in total. The molecule has 0 saturated heterocycles. The Kier molecular flexibility index (Phi) is 9.77. The van der Waals surface area contributed by atoms with Crippen molar-refractivity contribution in [3.8, 4) is 0 Å². The molecule has 3 N–H and O–H groups in total. The number of nitrogens with one attached hydrogen (secondary N) is 1. The van der Waals surface area contributed by atoms with Crippen molar-refractivity contribution in [3.05, 3.63) is 29.3 Å². The first-order chi connectivity index (χ1) is 5.74. The Balaban J connectivity index is -0.000000284. The number of hydrogen-bond donors (Lipinski definition) is 2. The molecule has 1 aromatic carbocycles. The van der Waals surface area contributed by atoms with Crippen LogP contribution in [-0.4, -0.2) is 6.21 Å². The Morgan fingerprint density at radius 1 is 1.38 bits per heavy atom. The van der Waals surface area contributed by atoms with Crippen molar-refractivity contribution in [1.29, 1.82) is 5.41 Å². The summed E-state index contributed by atoms with van der Waals surface area (Å²) in [4.78, 5) is 0. The fraction of sp³-hybridized carbons (Fsp3) is 0.300. The van der Waals surface area contributed by atoms with Gasteiger partial charge in [0.15, 0.2) is 0 Å². The molecule has 1 aromatic rings. The minimum absolute atomic E-state index is 0. The number of benzene rings is 1. The predicted molar refractivity (Wildman–Crippen MR) is 56.9 cm³/mol. The van der Waals surface area contributed by atoms with Crippen molar-refractivity contribution < 1.29 is 32.5 Å². The van der Waals surface area contributed by atoms with E-state index < -0.39 is 0 Å². The molecule has 0 aliphatic rings. The van der Waals surface area contributed by atoms with Gasteiger partial charge in [-0.1, -0.05) is 26.0 Å². The Hall–Kier alpha value is -0.258. The van der Waals surface area contributed by atoms with Gasteiger partial charge in [0.05, 0.1) is 0 Å². The summed E-state index contributed by atoms with van der Waals surface area (Å²) in [6, 6.07) is 5.65. The Labute approximate surface area is 105 Å². The van der Waals surface area contributed by atoms with E-state index in [9.17, 15) is 0 Å². The summed E-state index contributed by atoms with van der Waals surface area (Å²) in [6.07, 6.45) is 1.26. The van der Waals surface area contributed by atoms with Gasteiger partial charge in [-0.25, -0.2) is 0 Å². The van der Waals surface area contributed by atoms with Crippen LogP contribution in [0.3, 0.4) is 0 Å². The van der Waals surface area contributed by atoms with Gasteiger partial charge in [-0.3, -0.25) is 0 Å². The molecule has 0 fully saturated rings. The number of nitrogen functional groups attached to an aromatic ring is 1. The molecule has 0 aliphatic carbocycles. The first-order valence-corrected chi connectivity index (χ1v) is 4.10. The Morgan fingerprint density at radius 3 is 2.31 bits per heavy atom. The molecule has 0 heterocycles. The van der Waals surface area contributed by atoms with Gasteiger partial charge in [-0.2, -0.15) is 0 Å². The maximum Gasteiger partial charge on any atom is 0.0405 e. The van der Waals surface area contributed by atoms with Crippen LogP contribution in [0.5, 0.6) is 0 Å². The van der Waals surface area contributed by atoms with E-state index in [1.165, 1.54) is 6.21 Å². The molecule has 0 unspecified atom stereocenters. The number of rotatable bonds is 1. The molecular formula is C10H18N2U. The van der Waals surface area contributed by atoms with Crippen molar-refractivity contribution in [2.24, 2.45) is 0 Å². The summed E-state index contributed by atoms with van der Waals surface area (Å²) >= 11 is 0. The van der Waals surface area contributed by atoms with Gasteiger partial charge in [0, 0.05) is 50.0 Å². The fourth-order valence-corrected chi connectivity index (χ4v) is 0.826. The second-order valence-electron chi connectivity index (χ2n) is 2.28. The first kappa shape index (κ1) is 15.2. The van der Waals surface area contributed by atoms with Crippen LogP contribution in [0, 0.1) is 43.4 Å². The average Bonchev–Trinajstić information content (AvgIpc) is 2.08. The quantitative estimate of drug-likeness (QED) is 0.549. The smallest absolute Gasteiger partial charge is 0.0405 e. The predicted octanol–water partition coefficient (Wildman–Crippen LogP) is 2.85. The van der Waals surface area contributed by atoms with Crippen LogP contribution in [-0.2, 0) is 0 Å². The zero-order chi connectivity index (χ0) is 9.56. The first-order valence-electron chi connectivity index (χ1n) is 4.10. The molecule has 0 bridgehead atoms. The van der Waals surface area contributed by atoms with Gasteiger partial charge in [0.2, 0.25) is 0 Å². The molecule has 0 atom stereocenters. The third-order valence-corrected chi connectivity index (χ3v) is 1.40. The van der Waals surface area contributed by atoms with Gasteiger partial charge in [-0.15, -0.1) is 0 Å². The van der Waals surface area contributed by atoms with Gasteiger partial charge in [0.1, 0.15) is 0 Å². The molecule has 0 amide bonds. The molecule has 0 aromatic heterocycles. The van der Waals surface area contributed by atoms with Crippen LogP contribution in [0.2, 0.25) is 0 Å². The number of hydrogen-bond acceptors (Lipinski definition) is 2. The van der Waals surface area contributed by atoms with Gasteiger partial charge >= 0.3 is 0 Å². The maximum absolute atomic E-state index is 6.95. The molecule has 3 heteroatoms. The van der Waals surface area contributed by atoms with E-state index >= 15 is 0 Å². The molecule has 1 rings (SSSR count). The zero-order valence-corrected chi connectivity index (χ0v) is 12.6. The number of nitrogens with two attached hydrogens (primary N) is 1. The van der Waals surface area contributed by atoms with Crippen LogP contribution in [0.1, 0.15) is 26.4 Å². The van der Waals surface area contributed by atoms with Crippen LogP contribution in [0.15, 0.2) is 18.2 Å². The van der Waals surface area contributed by atoms with Crippen molar-refractivity contribution in [2.75, 3.05) is 5.73 Å². The number of aryl methyl sites for hydroxylation is 1. The average molecular weight is 404 g/mol. The summed E-state index contributed by atoms with van der Waals surface area (Å²) in [5.74, 6) is 0. The van der Waals surface area contributed by atoms with Crippen LogP contribution < -0.4 is 5.73 Å². The Bertz CT molecular complexity index is 264. The zero-order valence-electron chi connectivity index (χ0n) is 8.39. The normalized spacial score (nSPS) is 7.62. The topological polar surface area (TPSA) is 49.9 Å². The van der Waals surface area contributed by atoms with Crippen molar-refractivity contribution in [1.82, 2.24) is 0 Å². The fourth-order valence-electron chi connectivity index (χ4n) is 0.826. The van der Waals surface area contributed by atoms with Crippen LogP contribution >= 0.6 is 0 Å². The second kappa shape index (κ2) is 8.35. The van der Waals surface area contributed by atoms with E-state index in [1.54, 1.807) is 0 Å². The molecular weight excluding hydrogens is 386 g/mol. The summed E-state index contributed by atoms with van der Waals surface area (Å²) in [6.45, 7) is 5.98. The second-order valence-corrected chi connectivity index (χ2v) is 2.28. The van der Waals surface area contributed by atoms with Crippen molar-refractivity contribution in [3.63, 3.8) is 0 Å². The maximum atomic E-state index is 6.95. The minimum atomic E-state index is 0. The molecule has 0 radical (unpaired) electrons. The molecule has 0 spiro atoms. The van der Waals surface area contributed by atoms with Crippen molar-refractivity contribution in [2.45, 2.75) is 20.8 Å². The summed E-state index contributed by atoms with van der Waals surface area (Å²) in [5, 5.41) is 6.95. The monoisotopic (exact) mass is 404 g/mol. The third kappa shape index (κ3) is 5.13. The minimum Gasteiger partial charge on any atom is -0.398 e. The molecule has 13 heavy (non-hydrogen) atoms. The van der Waals surface area contributed by atoms with E-state index in [4.69, 9.17) is 11.1 Å². The summed E-state index contributed by atoms with van der Waals surface area (Å²) in [5.41, 5.74) is 8.17. The van der Waals surface area contributed by atoms with E-state index in [0.717, 1.165) is 11.1 Å². The molecule has 0 aliphatic heterocycles. The van der Waals surface area contributed by atoms with Crippen LogP contribution in [0.4, 0.5) is 5.69 Å². The Morgan fingerprint density at radius 2 is 1.92 bits per heavy atom. The molecule has 72 valence electrons. The van der Waals surface area contributed by atoms with Crippen LogP contribution in [0.25, 0.3) is 0 Å². The largest absolute Gasteiger partial charge is 0.398 e. The van der Waals surface area contributed by atoms with E-state index in [0.29, 0.717) is 5.69 Å². The molecule has 0 saturated carbocycles. The standard InChI is InChI=1S/C8H10N2.C2H6.U.H2/c1-6-2-3-7(5-9)8(10)4-6;1-2;;/h2-5,9H,10H2,1H3;1-2H3;;1H. The van der Waals surface area contributed by atoms with Gasteiger partial charge < -0.3 is 11.1 Å². The van der Waals surface area contributed by atoms with Crippen molar-refractivity contribution >= 4 is 11.9 Å². The summed E-state index contributed by atoms with van der Waals surface area (Å²) in [7, 11) is 0. The van der Waals surface area contributed by atoms with E-state index in [1.807, 2.05) is 39.0 Å². The SMILES string of the molecule is CC.Cc1ccc(C=N)c(N)c1.[HH].[U]. The number of anilines is 1.